The first-order valence-electron chi connectivity index (χ1n) is 6.05. The SMILES string of the molecule is O=C(CCSc1ccccc1Cl)NCCC(O)C(=O)O. The largest absolute Gasteiger partial charge is 0.479 e. The van der Waals surface area contributed by atoms with Gasteiger partial charge < -0.3 is 15.5 Å². The molecular formula is C13H16ClNO4S. The number of aliphatic hydroxyl groups is 1. The number of carbonyl (C=O) groups is 2. The van der Waals surface area contributed by atoms with E-state index in [-0.39, 0.29) is 18.9 Å². The lowest BCUT2D eigenvalue weighted by atomic mass is 10.2. The second-order valence-corrected chi connectivity index (χ2v) is 5.57. The van der Waals surface area contributed by atoms with E-state index >= 15 is 0 Å². The molecule has 0 saturated carbocycles. The van der Waals surface area contributed by atoms with E-state index in [1.165, 1.54) is 11.8 Å². The van der Waals surface area contributed by atoms with Crippen molar-refractivity contribution in [2.75, 3.05) is 12.3 Å². The zero-order chi connectivity index (χ0) is 15.0. The van der Waals surface area contributed by atoms with Crippen molar-refractivity contribution in [3.05, 3.63) is 29.3 Å². The Labute approximate surface area is 126 Å². The van der Waals surface area contributed by atoms with E-state index in [0.29, 0.717) is 17.2 Å². The molecule has 0 aliphatic carbocycles. The maximum absolute atomic E-state index is 11.5. The number of aliphatic hydroxyl groups excluding tert-OH is 1. The predicted octanol–water partition coefficient (Wildman–Crippen LogP) is 1.77. The lowest BCUT2D eigenvalue weighted by Gasteiger charge is -2.07. The van der Waals surface area contributed by atoms with Gasteiger partial charge in [0.15, 0.2) is 6.10 Å². The van der Waals surface area contributed by atoms with Gasteiger partial charge in [-0.1, -0.05) is 23.7 Å². The Hall–Kier alpha value is -1.24. The smallest absolute Gasteiger partial charge is 0.332 e. The number of aliphatic carboxylic acids is 1. The Balaban J connectivity index is 2.18. The number of halogens is 1. The molecule has 1 amide bonds. The second-order valence-electron chi connectivity index (χ2n) is 4.02. The van der Waals surface area contributed by atoms with Crippen LogP contribution in [0.15, 0.2) is 29.2 Å². The van der Waals surface area contributed by atoms with Gasteiger partial charge in [0, 0.05) is 30.0 Å². The van der Waals surface area contributed by atoms with Crippen molar-refractivity contribution in [3.63, 3.8) is 0 Å². The topological polar surface area (TPSA) is 86.6 Å². The van der Waals surface area contributed by atoms with E-state index in [1.54, 1.807) is 6.07 Å². The molecule has 3 N–H and O–H groups in total. The molecule has 0 aliphatic rings. The minimum absolute atomic E-state index is 0.00126. The summed E-state index contributed by atoms with van der Waals surface area (Å²) in [4.78, 5) is 22.8. The van der Waals surface area contributed by atoms with E-state index in [4.69, 9.17) is 21.8 Å². The van der Waals surface area contributed by atoms with Crippen LogP contribution < -0.4 is 5.32 Å². The first-order valence-corrected chi connectivity index (χ1v) is 7.42. The highest BCUT2D eigenvalue weighted by molar-refractivity contribution is 7.99. The third-order valence-electron chi connectivity index (χ3n) is 2.45. The van der Waals surface area contributed by atoms with Crippen molar-refractivity contribution in [2.24, 2.45) is 0 Å². The van der Waals surface area contributed by atoms with Gasteiger partial charge in [0.25, 0.3) is 0 Å². The number of carboxylic acids is 1. The van der Waals surface area contributed by atoms with Crippen LogP contribution in [0.5, 0.6) is 0 Å². The van der Waals surface area contributed by atoms with Crippen molar-refractivity contribution in [1.82, 2.24) is 5.32 Å². The molecule has 0 radical (unpaired) electrons. The summed E-state index contributed by atoms with van der Waals surface area (Å²) in [5.41, 5.74) is 0. The van der Waals surface area contributed by atoms with Crippen molar-refractivity contribution < 1.29 is 19.8 Å². The molecule has 1 aromatic carbocycles. The second kappa shape index (κ2) is 8.84. The molecule has 0 fully saturated rings. The Morgan fingerprint density at radius 3 is 2.70 bits per heavy atom. The molecule has 1 unspecified atom stereocenters. The van der Waals surface area contributed by atoms with Crippen LogP contribution in [0.25, 0.3) is 0 Å². The molecule has 1 aromatic rings. The van der Waals surface area contributed by atoms with Gasteiger partial charge in [0.1, 0.15) is 0 Å². The van der Waals surface area contributed by atoms with Crippen LogP contribution in [0.2, 0.25) is 5.02 Å². The van der Waals surface area contributed by atoms with E-state index in [2.05, 4.69) is 5.32 Å². The van der Waals surface area contributed by atoms with Crippen LogP contribution in [-0.4, -0.2) is 40.5 Å². The average Bonchev–Trinajstić information content (AvgIpc) is 2.40. The van der Waals surface area contributed by atoms with Crippen LogP contribution >= 0.6 is 23.4 Å². The number of rotatable bonds is 8. The van der Waals surface area contributed by atoms with Gasteiger partial charge >= 0.3 is 5.97 Å². The lowest BCUT2D eigenvalue weighted by molar-refractivity contribution is -0.147. The minimum atomic E-state index is -1.44. The van der Waals surface area contributed by atoms with Crippen molar-refractivity contribution in [1.29, 1.82) is 0 Å². The van der Waals surface area contributed by atoms with Crippen molar-refractivity contribution in [3.8, 4) is 0 Å². The monoisotopic (exact) mass is 317 g/mol. The molecule has 0 heterocycles. The number of carbonyl (C=O) groups excluding carboxylic acids is 1. The summed E-state index contributed by atoms with van der Waals surface area (Å²) in [6, 6.07) is 7.39. The van der Waals surface area contributed by atoms with Crippen LogP contribution in [0, 0.1) is 0 Å². The zero-order valence-electron chi connectivity index (χ0n) is 10.7. The number of hydrogen-bond donors (Lipinski definition) is 3. The van der Waals surface area contributed by atoms with Gasteiger partial charge in [0.2, 0.25) is 5.91 Å². The molecule has 0 aromatic heterocycles. The summed E-state index contributed by atoms with van der Waals surface area (Å²) >= 11 is 7.47. The molecular weight excluding hydrogens is 302 g/mol. The molecule has 7 heteroatoms. The summed E-state index contributed by atoms with van der Waals surface area (Å²) in [5, 5.41) is 20.7. The minimum Gasteiger partial charge on any atom is -0.479 e. The molecule has 0 spiro atoms. The fraction of sp³-hybridized carbons (Fsp3) is 0.385. The quantitative estimate of drug-likeness (QED) is 0.636. The fourth-order valence-corrected chi connectivity index (χ4v) is 2.56. The van der Waals surface area contributed by atoms with Gasteiger partial charge in [-0.15, -0.1) is 11.8 Å². The number of thioether (sulfide) groups is 1. The number of hydrogen-bond acceptors (Lipinski definition) is 4. The first kappa shape index (κ1) is 16.8. The third kappa shape index (κ3) is 6.27. The zero-order valence-corrected chi connectivity index (χ0v) is 12.3. The standard InChI is InChI=1S/C13H16ClNO4S/c14-9-3-1-2-4-11(9)20-8-6-12(17)15-7-5-10(16)13(18)19/h1-4,10,16H,5-8H2,(H,15,17)(H,18,19). The molecule has 20 heavy (non-hydrogen) atoms. The van der Waals surface area contributed by atoms with E-state index in [9.17, 15) is 9.59 Å². The summed E-state index contributed by atoms with van der Waals surface area (Å²) < 4.78 is 0. The number of amides is 1. The number of carboxylic acid groups (broad SMARTS) is 1. The maximum Gasteiger partial charge on any atom is 0.332 e. The van der Waals surface area contributed by atoms with Gasteiger partial charge in [-0.3, -0.25) is 4.79 Å². The van der Waals surface area contributed by atoms with E-state index in [1.807, 2.05) is 18.2 Å². The lowest BCUT2D eigenvalue weighted by Crippen LogP contribution is -2.30. The highest BCUT2D eigenvalue weighted by atomic mass is 35.5. The summed E-state index contributed by atoms with van der Waals surface area (Å²) in [5.74, 6) is -0.882. The summed E-state index contributed by atoms with van der Waals surface area (Å²) in [6.07, 6.45) is -1.13. The van der Waals surface area contributed by atoms with Gasteiger partial charge in [-0.2, -0.15) is 0 Å². The van der Waals surface area contributed by atoms with Gasteiger partial charge in [0.05, 0.1) is 5.02 Å². The van der Waals surface area contributed by atoms with E-state index in [0.717, 1.165) is 4.90 Å². The average molecular weight is 318 g/mol. The third-order valence-corrected chi connectivity index (χ3v) is 3.97. The number of benzene rings is 1. The van der Waals surface area contributed by atoms with Crippen LogP contribution in [0.1, 0.15) is 12.8 Å². The van der Waals surface area contributed by atoms with Crippen LogP contribution in [-0.2, 0) is 9.59 Å². The Morgan fingerprint density at radius 1 is 1.35 bits per heavy atom. The molecule has 0 bridgehead atoms. The van der Waals surface area contributed by atoms with Crippen molar-refractivity contribution >= 4 is 35.2 Å². The van der Waals surface area contributed by atoms with Gasteiger partial charge in [-0.05, 0) is 12.1 Å². The molecule has 1 rings (SSSR count). The first-order chi connectivity index (χ1) is 9.50. The normalized spacial score (nSPS) is 11.9. The summed E-state index contributed by atoms with van der Waals surface area (Å²) in [7, 11) is 0. The predicted molar refractivity (Wildman–Crippen MR) is 78.1 cm³/mol. The fourth-order valence-electron chi connectivity index (χ4n) is 1.38. The molecule has 1 atom stereocenters. The van der Waals surface area contributed by atoms with E-state index < -0.39 is 12.1 Å². The van der Waals surface area contributed by atoms with Gasteiger partial charge in [-0.25, -0.2) is 4.79 Å². The Bertz CT molecular complexity index is 469. The van der Waals surface area contributed by atoms with Crippen LogP contribution in [0.3, 0.4) is 0 Å². The highest BCUT2D eigenvalue weighted by Crippen LogP contribution is 2.26. The summed E-state index contributed by atoms with van der Waals surface area (Å²) in [6.45, 7) is 0.142. The molecule has 5 nitrogen and oxygen atoms in total. The van der Waals surface area contributed by atoms with Crippen molar-refractivity contribution in [2.45, 2.75) is 23.8 Å². The Morgan fingerprint density at radius 2 is 2.05 bits per heavy atom. The molecule has 0 saturated heterocycles. The van der Waals surface area contributed by atoms with Crippen LogP contribution in [0.4, 0.5) is 0 Å². The molecule has 0 aliphatic heterocycles. The molecule has 110 valence electrons. The highest BCUT2D eigenvalue weighted by Gasteiger charge is 2.12. The maximum atomic E-state index is 11.5. The number of nitrogens with one attached hydrogen (secondary N) is 1. The Kier molecular flexibility index (Phi) is 7.43.